The lowest BCUT2D eigenvalue weighted by Gasteiger charge is -2.58. The molecule has 0 bridgehead atoms. The van der Waals surface area contributed by atoms with Gasteiger partial charge in [-0.2, -0.15) is 0 Å². The summed E-state index contributed by atoms with van der Waals surface area (Å²) in [5.41, 5.74) is -3.64. The van der Waals surface area contributed by atoms with E-state index in [0.717, 1.165) is 25.7 Å². The molecule has 4 saturated heterocycles. The zero-order chi connectivity index (χ0) is 28.1. The molecule has 38 heavy (non-hydrogen) atoms. The van der Waals surface area contributed by atoms with E-state index in [1.54, 1.807) is 19.6 Å². The molecule has 216 valence electrons. The van der Waals surface area contributed by atoms with Crippen LogP contribution in [0.5, 0.6) is 0 Å². The van der Waals surface area contributed by atoms with Gasteiger partial charge in [-0.1, -0.05) is 0 Å². The van der Waals surface area contributed by atoms with Gasteiger partial charge in [-0.15, -0.1) is 0 Å². The smallest absolute Gasteiger partial charge is 0.410 e. The van der Waals surface area contributed by atoms with Crippen molar-refractivity contribution in [3.63, 3.8) is 0 Å². The number of β-amino-alcohol motifs (C(OH)–C–C–N with tert-alkyl or cyclic N) is 2. The van der Waals surface area contributed by atoms with Crippen molar-refractivity contribution in [2.45, 2.75) is 115 Å². The maximum atomic E-state index is 13.2. The van der Waals surface area contributed by atoms with E-state index in [2.05, 4.69) is 0 Å². The largest absolute Gasteiger partial charge is 0.444 e. The standard InChI is InChI=1S/C27H46N4O7/c1-24(2,3)37-22(33)30-13-9-7-11-19(30)26(35)15-28(16-26)21(32)29-17-27(36,18-29)20-12-8-10-14-31(20)23(34)38-25(4,5)6/h19-20,35-36H,7-18H2,1-6H3/t19-,20-/m0/s1. The normalized spacial score (nSPS) is 27.3. The molecule has 2 N–H and O–H groups in total. The second kappa shape index (κ2) is 10.0. The van der Waals surface area contributed by atoms with Gasteiger partial charge < -0.3 is 39.3 Å². The van der Waals surface area contributed by atoms with Crippen LogP contribution in [0, 0.1) is 0 Å². The number of ether oxygens (including phenoxy) is 2. The van der Waals surface area contributed by atoms with Crippen LogP contribution in [-0.4, -0.2) is 122 Å². The lowest BCUT2D eigenvalue weighted by molar-refractivity contribution is -0.160. The minimum Gasteiger partial charge on any atom is -0.444 e. The van der Waals surface area contributed by atoms with E-state index in [1.165, 1.54) is 0 Å². The SMILES string of the molecule is CC(C)(C)OC(=O)N1CCCC[C@H]1C1(O)CN(C(=O)N2CC(O)([C@@H]3CCCCN3C(=O)OC(C)(C)C)C2)C1. The molecule has 0 aromatic carbocycles. The van der Waals surface area contributed by atoms with Crippen LogP contribution in [-0.2, 0) is 9.47 Å². The van der Waals surface area contributed by atoms with Gasteiger partial charge in [0.05, 0.1) is 38.3 Å². The molecule has 4 heterocycles. The molecule has 0 aliphatic carbocycles. The van der Waals surface area contributed by atoms with Crippen LogP contribution < -0.4 is 0 Å². The van der Waals surface area contributed by atoms with Gasteiger partial charge in [0.25, 0.3) is 0 Å². The number of amides is 4. The van der Waals surface area contributed by atoms with E-state index in [9.17, 15) is 24.6 Å². The molecule has 0 aromatic rings. The van der Waals surface area contributed by atoms with Gasteiger partial charge in [-0.25, -0.2) is 14.4 Å². The first-order chi connectivity index (χ1) is 17.5. The Morgan fingerprint density at radius 3 is 1.32 bits per heavy atom. The van der Waals surface area contributed by atoms with E-state index in [0.29, 0.717) is 25.9 Å². The zero-order valence-corrected chi connectivity index (χ0v) is 23.9. The average Bonchev–Trinajstić information content (AvgIpc) is 2.77. The number of hydrogen-bond donors (Lipinski definition) is 2. The van der Waals surface area contributed by atoms with Crippen LogP contribution in [0.4, 0.5) is 14.4 Å². The molecule has 0 unspecified atom stereocenters. The first-order valence-electron chi connectivity index (χ1n) is 14.0. The van der Waals surface area contributed by atoms with Crippen molar-refractivity contribution in [3.8, 4) is 0 Å². The third-order valence-corrected chi connectivity index (χ3v) is 7.90. The van der Waals surface area contributed by atoms with Crippen molar-refractivity contribution in [3.05, 3.63) is 0 Å². The highest BCUT2D eigenvalue weighted by molar-refractivity contribution is 5.77. The van der Waals surface area contributed by atoms with Crippen LogP contribution >= 0.6 is 0 Å². The summed E-state index contributed by atoms with van der Waals surface area (Å²) in [5, 5.41) is 22.7. The second-order valence-electron chi connectivity index (χ2n) is 13.6. The first kappa shape index (κ1) is 28.7. The van der Waals surface area contributed by atoms with E-state index in [-0.39, 0.29) is 32.2 Å². The minimum absolute atomic E-state index is 0.123. The molecule has 4 aliphatic heterocycles. The van der Waals surface area contributed by atoms with Gasteiger partial charge in [0, 0.05) is 13.1 Å². The molecule has 4 rings (SSSR count). The molecule has 4 fully saturated rings. The van der Waals surface area contributed by atoms with Crippen molar-refractivity contribution in [1.29, 1.82) is 0 Å². The molecule has 0 radical (unpaired) electrons. The summed E-state index contributed by atoms with van der Waals surface area (Å²) in [4.78, 5) is 45.1. The number of carbonyl (C=O) groups excluding carboxylic acids is 3. The summed E-state index contributed by atoms with van der Waals surface area (Å²) in [6.07, 6.45) is 3.94. The summed E-state index contributed by atoms with van der Waals surface area (Å²) < 4.78 is 11.1. The molecule has 11 nitrogen and oxygen atoms in total. The summed E-state index contributed by atoms with van der Waals surface area (Å²) >= 11 is 0. The lowest BCUT2D eigenvalue weighted by Crippen LogP contribution is -2.78. The fourth-order valence-electron chi connectivity index (χ4n) is 6.18. The molecule has 0 aromatic heterocycles. The van der Waals surface area contributed by atoms with E-state index < -0.39 is 46.7 Å². The highest BCUT2D eigenvalue weighted by Gasteiger charge is 2.58. The number of likely N-dealkylation sites (tertiary alicyclic amines) is 4. The minimum atomic E-state index is -1.19. The quantitative estimate of drug-likeness (QED) is 0.554. The van der Waals surface area contributed by atoms with Gasteiger partial charge in [-0.05, 0) is 80.1 Å². The third-order valence-electron chi connectivity index (χ3n) is 7.90. The third kappa shape index (κ3) is 5.98. The van der Waals surface area contributed by atoms with Crippen molar-refractivity contribution in [2.75, 3.05) is 39.3 Å². The average molecular weight is 539 g/mol. The van der Waals surface area contributed by atoms with E-state index in [4.69, 9.17) is 9.47 Å². The Balaban J connectivity index is 1.33. The molecule has 11 heteroatoms. The molecule has 0 spiro atoms. The Kier molecular flexibility index (Phi) is 7.59. The fourth-order valence-corrected chi connectivity index (χ4v) is 6.18. The van der Waals surface area contributed by atoms with Gasteiger partial charge >= 0.3 is 18.2 Å². The van der Waals surface area contributed by atoms with Gasteiger partial charge in [-0.3, -0.25) is 0 Å². The van der Waals surface area contributed by atoms with Crippen molar-refractivity contribution >= 4 is 18.2 Å². The predicted molar refractivity (Wildman–Crippen MR) is 140 cm³/mol. The van der Waals surface area contributed by atoms with Crippen molar-refractivity contribution in [2.24, 2.45) is 0 Å². The number of urea groups is 1. The zero-order valence-electron chi connectivity index (χ0n) is 23.9. The highest BCUT2D eigenvalue weighted by Crippen LogP contribution is 2.38. The fraction of sp³-hybridized carbons (Fsp3) is 0.889. The van der Waals surface area contributed by atoms with Crippen LogP contribution in [0.15, 0.2) is 0 Å². The number of rotatable bonds is 2. The highest BCUT2D eigenvalue weighted by atomic mass is 16.6. The number of nitrogens with zero attached hydrogens (tertiary/aromatic N) is 4. The Labute approximate surface area is 226 Å². The van der Waals surface area contributed by atoms with E-state index in [1.807, 2.05) is 41.5 Å². The Morgan fingerprint density at radius 2 is 1.00 bits per heavy atom. The molecule has 4 aliphatic rings. The summed E-state index contributed by atoms with van der Waals surface area (Å²) in [5.74, 6) is 0. The molecular weight excluding hydrogens is 492 g/mol. The van der Waals surface area contributed by atoms with Crippen LogP contribution in [0.2, 0.25) is 0 Å². The van der Waals surface area contributed by atoms with Crippen LogP contribution in [0.1, 0.15) is 80.1 Å². The van der Waals surface area contributed by atoms with Gasteiger partial charge in [0.15, 0.2) is 0 Å². The second-order valence-corrected chi connectivity index (χ2v) is 13.6. The first-order valence-corrected chi connectivity index (χ1v) is 14.0. The van der Waals surface area contributed by atoms with E-state index >= 15 is 0 Å². The van der Waals surface area contributed by atoms with Crippen molar-refractivity contribution < 1.29 is 34.1 Å². The molecule has 0 saturated carbocycles. The Morgan fingerprint density at radius 1 is 0.658 bits per heavy atom. The topological polar surface area (TPSA) is 123 Å². The number of piperidine rings is 2. The number of aliphatic hydroxyl groups is 2. The van der Waals surface area contributed by atoms with Crippen LogP contribution in [0.3, 0.4) is 0 Å². The lowest BCUT2D eigenvalue weighted by atomic mass is 9.79. The number of hydrogen-bond acceptors (Lipinski definition) is 7. The summed E-state index contributed by atoms with van der Waals surface area (Å²) in [6.45, 7) is 12.4. The maximum Gasteiger partial charge on any atom is 0.410 e. The molecule has 4 amide bonds. The summed E-state index contributed by atoms with van der Waals surface area (Å²) in [7, 11) is 0. The monoisotopic (exact) mass is 538 g/mol. The van der Waals surface area contributed by atoms with Gasteiger partial charge in [0.1, 0.15) is 22.4 Å². The Hall–Kier alpha value is -2.27. The van der Waals surface area contributed by atoms with Crippen molar-refractivity contribution in [1.82, 2.24) is 19.6 Å². The molecular formula is C27H46N4O7. The number of carbonyl (C=O) groups is 3. The summed E-state index contributed by atoms with van der Waals surface area (Å²) in [6, 6.07) is -1.07. The maximum absolute atomic E-state index is 13.2. The molecule has 2 atom stereocenters. The predicted octanol–water partition coefficient (Wildman–Crippen LogP) is 2.78. The van der Waals surface area contributed by atoms with Gasteiger partial charge in [0.2, 0.25) is 0 Å². The van der Waals surface area contributed by atoms with Crippen LogP contribution in [0.25, 0.3) is 0 Å². The Bertz CT molecular complexity index is 843.